The van der Waals surface area contributed by atoms with Gasteiger partial charge in [0.2, 0.25) is 0 Å². The van der Waals surface area contributed by atoms with E-state index < -0.39 is 11.8 Å². The highest BCUT2D eigenvalue weighted by molar-refractivity contribution is 7.80. The van der Waals surface area contributed by atoms with Crippen molar-refractivity contribution < 1.29 is 14.3 Å². The second-order valence-corrected chi connectivity index (χ2v) is 7.12. The summed E-state index contributed by atoms with van der Waals surface area (Å²) in [5.74, 6) is -0.927. The van der Waals surface area contributed by atoms with Crippen LogP contribution < -0.4 is 15.4 Å². The molecule has 5 nitrogen and oxygen atoms in total. The Kier molecular flexibility index (Phi) is 6.01. The van der Waals surface area contributed by atoms with Gasteiger partial charge in [0.15, 0.2) is 10.9 Å². The maximum absolute atomic E-state index is 11.9. The molecule has 0 saturated carbocycles. The summed E-state index contributed by atoms with van der Waals surface area (Å²) < 4.78 is 5.69. The molecule has 2 N–H and O–H groups in total. The predicted octanol–water partition coefficient (Wildman–Crippen LogP) is 4.14. The van der Waals surface area contributed by atoms with Gasteiger partial charge in [-0.1, -0.05) is 53.0 Å². The number of thiocarbonyl (C=S) groups is 1. The molecule has 1 aliphatic rings. The molecular weight excluding hydrogens is 431 g/mol. The minimum absolute atomic E-state index is 0.0402. The van der Waals surface area contributed by atoms with Gasteiger partial charge >= 0.3 is 0 Å². The fraction of sp³-hybridized carbons (Fsp3) is 0.0556. The van der Waals surface area contributed by atoms with Crippen LogP contribution in [-0.4, -0.2) is 16.9 Å². The van der Waals surface area contributed by atoms with E-state index in [1.807, 2.05) is 18.2 Å². The van der Waals surface area contributed by atoms with Crippen LogP contribution in [0.15, 0.2) is 42.0 Å². The van der Waals surface area contributed by atoms with Gasteiger partial charge in [-0.05, 0) is 42.1 Å². The summed E-state index contributed by atoms with van der Waals surface area (Å²) in [4.78, 5) is 23.8. The molecule has 138 valence electrons. The van der Waals surface area contributed by atoms with E-state index >= 15 is 0 Å². The molecule has 3 rings (SSSR count). The number of rotatable bonds is 4. The van der Waals surface area contributed by atoms with Gasteiger partial charge in [0, 0.05) is 10.6 Å². The monoisotopic (exact) mass is 440 g/mol. The average molecular weight is 442 g/mol. The van der Waals surface area contributed by atoms with Gasteiger partial charge in [-0.25, -0.2) is 0 Å². The Balaban J connectivity index is 1.84. The molecule has 0 spiro atoms. The van der Waals surface area contributed by atoms with Crippen LogP contribution in [0.5, 0.6) is 5.75 Å². The Labute approximate surface area is 175 Å². The van der Waals surface area contributed by atoms with Gasteiger partial charge in [0.25, 0.3) is 11.8 Å². The lowest BCUT2D eigenvalue weighted by Gasteiger charge is -2.16. The van der Waals surface area contributed by atoms with E-state index in [0.29, 0.717) is 10.6 Å². The maximum atomic E-state index is 11.9. The van der Waals surface area contributed by atoms with Crippen LogP contribution in [-0.2, 0) is 16.2 Å². The zero-order valence-corrected chi connectivity index (χ0v) is 16.6. The lowest BCUT2D eigenvalue weighted by molar-refractivity contribution is -0.123. The minimum atomic E-state index is -0.602. The molecule has 1 fully saturated rings. The van der Waals surface area contributed by atoms with Crippen molar-refractivity contribution in [2.45, 2.75) is 6.61 Å². The number of nitrogens with one attached hydrogen (secondary N) is 2. The highest BCUT2D eigenvalue weighted by Crippen LogP contribution is 2.36. The molecule has 1 heterocycles. The first kappa shape index (κ1) is 19.6. The van der Waals surface area contributed by atoms with Gasteiger partial charge in [0.1, 0.15) is 12.2 Å². The number of hydrogen-bond acceptors (Lipinski definition) is 4. The standard InChI is InChI=1S/C18H11Cl3N2O3S/c19-12-4-2-1-3-10(12)8-26-15-13(20)6-9(7-14(15)21)5-11-16(24)22-18(27)23-17(11)25/h1-7H,8H2,(H2,22,23,24,25,27). The van der Waals surface area contributed by atoms with Crippen molar-refractivity contribution in [2.24, 2.45) is 0 Å². The van der Waals surface area contributed by atoms with E-state index in [1.54, 1.807) is 6.07 Å². The van der Waals surface area contributed by atoms with Crippen molar-refractivity contribution >= 4 is 70.0 Å². The smallest absolute Gasteiger partial charge is 0.263 e. The zero-order valence-electron chi connectivity index (χ0n) is 13.5. The molecule has 2 aromatic carbocycles. The highest BCUT2D eigenvalue weighted by atomic mass is 35.5. The Morgan fingerprint density at radius 3 is 2.15 bits per heavy atom. The largest absolute Gasteiger partial charge is 0.486 e. The Bertz CT molecular complexity index is 947. The first-order chi connectivity index (χ1) is 12.8. The van der Waals surface area contributed by atoms with Gasteiger partial charge in [-0.3, -0.25) is 20.2 Å². The molecule has 0 aromatic heterocycles. The van der Waals surface area contributed by atoms with Crippen LogP contribution in [0.25, 0.3) is 6.08 Å². The number of carbonyl (C=O) groups is 2. The molecule has 2 amide bonds. The second kappa shape index (κ2) is 8.27. The van der Waals surface area contributed by atoms with Crippen molar-refractivity contribution in [1.29, 1.82) is 0 Å². The normalized spacial score (nSPS) is 13.9. The molecule has 0 bridgehead atoms. The quantitative estimate of drug-likeness (QED) is 0.425. The fourth-order valence-electron chi connectivity index (χ4n) is 2.34. The maximum Gasteiger partial charge on any atom is 0.263 e. The minimum Gasteiger partial charge on any atom is -0.486 e. The third-order valence-electron chi connectivity index (χ3n) is 3.60. The van der Waals surface area contributed by atoms with Crippen molar-refractivity contribution in [3.8, 4) is 5.75 Å². The van der Waals surface area contributed by atoms with E-state index in [2.05, 4.69) is 10.6 Å². The van der Waals surface area contributed by atoms with E-state index in [1.165, 1.54) is 18.2 Å². The third-order valence-corrected chi connectivity index (χ3v) is 4.74. The molecule has 0 radical (unpaired) electrons. The molecule has 27 heavy (non-hydrogen) atoms. The van der Waals surface area contributed by atoms with Crippen LogP contribution in [0.4, 0.5) is 0 Å². The molecule has 1 aliphatic heterocycles. The lowest BCUT2D eigenvalue weighted by Crippen LogP contribution is -2.51. The zero-order chi connectivity index (χ0) is 19.6. The molecule has 0 atom stereocenters. The number of halogens is 3. The van der Waals surface area contributed by atoms with Crippen LogP contribution in [0, 0.1) is 0 Å². The van der Waals surface area contributed by atoms with Gasteiger partial charge in [0.05, 0.1) is 10.0 Å². The van der Waals surface area contributed by atoms with Gasteiger partial charge in [-0.2, -0.15) is 0 Å². The first-order valence-electron chi connectivity index (χ1n) is 7.59. The SMILES string of the molecule is O=C1NC(=S)NC(=O)C1=Cc1cc(Cl)c(OCc2ccccc2Cl)c(Cl)c1. The summed E-state index contributed by atoms with van der Waals surface area (Å²) >= 11 is 23.4. The summed E-state index contributed by atoms with van der Waals surface area (Å²) in [6.07, 6.45) is 1.36. The van der Waals surface area contributed by atoms with E-state index in [4.69, 9.17) is 51.8 Å². The Hall–Kier alpha value is -2.12. The molecule has 0 aliphatic carbocycles. The lowest BCUT2D eigenvalue weighted by atomic mass is 10.1. The van der Waals surface area contributed by atoms with Crippen molar-refractivity contribution in [3.63, 3.8) is 0 Å². The fourth-order valence-corrected chi connectivity index (χ4v) is 3.33. The number of hydrogen-bond donors (Lipinski definition) is 2. The highest BCUT2D eigenvalue weighted by Gasteiger charge is 2.25. The summed E-state index contributed by atoms with van der Waals surface area (Å²) in [6.45, 7) is 0.182. The van der Waals surface area contributed by atoms with E-state index in [-0.39, 0.29) is 33.1 Å². The summed E-state index contributed by atoms with van der Waals surface area (Å²) in [7, 11) is 0. The van der Waals surface area contributed by atoms with Crippen LogP contribution >= 0.6 is 47.0 Å². The molecule has 2 aromatic rings. The molecule has 1 saturated heterocycles. The second-order valence-electron chi connectivity index (χ2n) is 5.49. The van der Waals surface area contributed by atoms with Crippen LogP contribution in [0.3, 0.4) is 0 Å². The topological polar surface area (TPSA) is 67.4 Å². The van der Waals surface area contributed by atoms with E-state index in [9.17, 15) is 9.59 Å². The van der Waals surface area contributed by atoms with Crippen molar-refractivity contribution in [1.82, 2.24) is 10.6 Å². The van der Waals surface area contributed by atoms with Crippen LogP contribution in [0.1, 0.15) is 11.1 Å². The first-order valence-corrected chi connectivity index (χ1v) is 9.13. The Morgan fingerprint density at radius 1 is 0.963 bits per heavy atom. The van der Waals surface area contributed by atoms with Crippen LogP contribution in [0.2, 0.25) is 15.1 Å². The summed E-state index contributed by atoms with van der Waals surface area (Å²) in [6, 6.07) is 10.3. The van der Waals surface area contributed by atoms with Gasteiger partial charge < -0.3 is 4.74 Å². The number of ether oxygens (including phenoxy) is 1. The predicted molar refractivity (Wildman–Crippen MR) is 109 cm³/mol. The van der Waals surface area contributed by atoms with Crippen molar-refractivity contribution in [3.05, 3.63) is 68.2 Å². The average Bonchev–Trinajstić information content (AvgIpc) is 2.59. The molecular formula is C18H11Cl3N2O3S. The number of amides is 2. The molecule has 0 unspecified atom stereocenters. The van der Waals surface area contributed by atoms with E-state index in [0.717, 1.165) is 5.56 Å². The Morgan fingerprint density at radius 2 is 1.56 bits per heavy atom. The third kappa shape index (κ3) is 4.59. The summed E-state index contributed by atoms with van der Waals surface area (Å²) in [5, 5.41) is 5.69. The number of benzene rings is 2. The summed E-state index contributed by atoms with van der Waals surface area (Å²) in [5.41, 5.74) is 1.13. The molecule has 9 heteroatoms. The number of carbonyl (C=O) groups excluding carboxylic acids is 2. The van der Waals surface area contributed by atoms with Gasteiger partial charge in [-0.15, -0.1) is 0 Å². The van der Waals surface area contributed by atoms with Crippen molar-refractivity contribution in [2.75, 3.05) is 0 Å².